The van der Waals surface area contributed by atoms with Crippen molar-refractivity contribution in [3.8, 4) is 0 Å². The van der Waals surface area contributed by atoms with Gasteiger partial charge in [-0.15, -0.1) is 0 Å². The first-order chi connectivity index (χ1) is 8.97. The summed E-state index contributed by atoms with van der Waals surface area (Å²) in [5, 5.41) is 5.84. The largest absolute Gasteiger partial charge is 0.417 e. The summed E-state index contributed by atoms with van der Waals surface area (Å²) < 4.78 is 37.0. The van der Waals surface area contributed by atoms with E-state index in [-0.39, 0.29) is 5.69 Å². The fourth-order valence-electron chi connectivity index (χ4n) is 1.91. The Morgan fingerprint density at radius 3 is 2.79 bits per heavy atom. The number of hydrogen-bond donors (Lipinski definition) is 2. The normalized spacial score (nSPS) is 19.4. The van der Waals surface area contributed by atoms with E-state index in [0.717, 1.165) is 31.6 Å². The van der Waals surface area contributed by atoms with Gasteiger partial charge in [-0.3, -0.25) is 9.78 Å². The topological polar surface area (TPSA) is 54.0 Å². The maximum absolute atomic E-state index is 12.3. The fourth-order valence-corrected chi connectivity index (χ4v) is 1.91. The lowest BCUT2D eigenvalue weighted by Gasteiger charge is -2.10. The van der Waals surface area contributed by atoms with Crippen LogP contribution < -0.4 is 10.6 Å². The average molecular weight is 273 g/mol. The zero-order valence-electron chi connectivity index (χ0n) is 10.1. The maximum Gasteiger partial charge on any atom is 0.417 e. The van der Waals surface area contributed by atoms with Gasteiger partial charge in [0.05, 0.1) is 5.56 Å². The van der Waals surface area contributed by atoms with Crippen molar-refractivity contribution in [3.63, 3.8) is 0 Å². The number of nitrogens with zero attached hydrogens (tertiary/aromatic N) is 1. The molecule has 0 bridgehead atoms. The number of rotatable bonds is 3. The van der Waals surface area contributed by atoms with E-state index in [9.17, 15) is 18.0 Å². The molecular formula is C12H14F3N3O. The number of nitrogens with one attached hydrogen (secondary N) is 2. The molecule has 0 saturated carbocycles. The highest BCUT2D eigenvalue weighted by molar-refractivity contribution is 5.92. The van der Waals surface area contributed by atoms with Crippen molar-refractivity contribution in [1.82, 2.24) is 15.6 Å². The third-order valence-corrected chi connectivity index (χ3v) is 3.04. The smallest absolute Gasteiger partial charge is 0.350 e. The summed E-state index contributed by atoms with van der Waals surface area (Å²) in [5.41, 5.74) is -0.858. The number of halogens is 3. The SMILES string of the molecule is O=C(NCC1CCNC1)c1ccc(C(F)(F)F)cn1. The van der Waals surface area contributed by atoms with Crippen LogP contribution in [0.3, 0.4) is 0 Å². The second-order valence-corrected chi connectivity index (χ2v) is 4.50. The van der Waals surface area contributed by atoms with Crippen molar-refractivity contribution in [2.45, 2.75) is 12.6 Å². The molecular weight excluding hydrogens is 259 g/mol. The lowest BCUT2D eigenvalue weighted by molar-refractivity contribution is -0.137. The van der Waals surface area contributed by atoms with Gasteiger partial charge >= 0.3 is 6.18 Å². The first-order valence-corrected chi connectivity index (χ1v) is 5.99. The molecule has 1 unspecified atom stereocenters. The van der Waals surface area contributed by atoms with E-state index in [1.807, 2.05) is 0 Å². The van der Waals surface area contributed by atoms with Gasteiger partial charge in [0.2, 0.25) is 0 Å². The van der Waals surface area contributed by atoms with Crippen LogP contribution >= 0.6 is 0 Å². The van der Waals surface area contributed by atoms with Gasteiger partial charge in [-0.25, -0.2) is 0 Å². The van der Waals surface area contributed by atoms with Crippen molar-refractivity contribution in [2.24, 2.45) is 5.92 Å². The lowest BCUT2D eigenvalue weighted by Crippen LogP contribution is -2.30. The number of carbonyl (C=O) groups excluding carboxylic acids is 1. The monoisotopic (exact) mass is 273 g/mol. The summed E-state index contributed by atoms with van der Waals surface area (Å²) in [5.74, 6) is -0.0703. The molecule has 1 aliphatic heterocycles. The van der Waals surface area contributed by atoms with Crippen molar-refractivity contribution >= 4 is 5.91 Å². The number of alkyl halides is 3. The quantitative estimate of drug-likeness (QED) is 0.876. The van der Waals surface area contributed by atoms with Crippen LogP contribution in [-0.2, 0) is 6.18 Å². The van der Waals surface area contributed by atoms with Gasteiger partial charge in [-0.2, -0.15) is 13.2 Å². The first-order valence-electron chi connectivity index (χ1n) is 5.99. The molecule has 1 fully saturated rings. The third-order valence-electron chi connectivity index (χ3n) is 3.04. The molecule has 0 aromatic carbocycles. The molecule has 0 aliphatic carbocycles. The highest BCUT2D eigenvalue weighted by Crippen LogP contribution is 2.28. The Morgan fingerprint density at radius 2 is 2.26 bits per heavy atom. The second kappa shape index (κ2) is 5.56. The van der Waals surface area contributed by atoms with Gasteiger partial charge in [0.25, 0.3) is 5.91 Å². The zero-order chi connectivity index (χ0) is 13.9. The van der Waals surface area contributed by atoms with Crippen LogP contribution in [0.5, 0.6) is 0 Å². The Labute approximate surface area is 108 Å². The predicted octanol–water partition coefficient (Wildman–Crippen LogP) is 1.44. The molecule has 1 aromatic heterocycles. The van der Waals surface area contributed by atoms with Crippen molar-refractivity contribution in [3.05, 3.63) is 29.6 Å². The number of hydrogen-bond acceptors (Lipinski definition) is 3. The summed E-state index contributed by atoms with van der Waals surface area (Å²) in [4.78, 5) is 15.2. The van der Waals surface area contributed by atoms with Gasteiger partial charge in [-0.1, -0.05) is 0 Å². The molecule has 1 saturated heterocycles. The van der Waals surface area contributed by atoms with E-state index in [2.05, 4.69) is 15.6 Å². The summed E-state index contributed by atoms with van der Waals surface area (Å²) >= 11 is 0. The molecule has 2 rings (SSSR count). The molecule has 1 atom stereocenters. The van der Waals surface area contributed by atoms with Crippen molar-refractivity contribution < 1.29 is 18.0 Å². The molecule has 1 aliphatic rings. The van der Waals surface area contributed by atoms with E-state index >= 15 is 0 Å². The molecule has 4 nitrogen and oxygen atoms in total. The molecule has 7 heteroatoms. The van der Waals surface area contributed by atoms with Crippen molar-refractivity contribution in [2.75, 3.05) is 19.6 Å². The maximum atomic E-state index is 12.3. The summed E-state index contributed by atoms with van der Waals surface area (Å²) in [6.45, 7) is 2.29. The number of carbonyl (C=O) groups is 1. The minimum atomic E-state index is -4.43. The van der Waals surface area contributed by atoms with Crippen LogP contribution in [0.2, 0.25) is 0 Å². The van der Waals surface area contributed by atoms with E-state index in [1.165, 1.54) is 0 Å². The Kier molecular flexibility index (Phi) is 4.04. The number of aromatic nitrogens is 1. The highest BCUT2D eigenvalue weighted by atomic mass is 19.4. The number of pyridine rings is 1. The lowest BCUT2D eigenvalue weighted by atomic mass is 10.1. The molecule has 0 radical (unpaired) electrons. The Hall–Kier alpha value is -1.63. The minimum absolute atomic E-state index is 0.000967. The van der Waals surface area contributed by atoms with Gasteiger partial charge in [0, 0.05) is 12.7 Å². The van der Waals surface area contributed by atoms with E-state index in [1.54, 1.807) is 0 Å². The second-order valence-electron chi connectivity index (χ2n) is 4.50. The van der Waals surface area contributed by atoms with Crippen molar-refractivity contribution in [1.29, 1.82) is 0 Å². The summed E-state index contributed by atoms with van der Waals surface area (Å²) in [7, 11) is 0. The molecule has 2 heterocycles. The molecule has 19 heavy (non-hydrogen) atoms. The van der Waals surface area contributed by atoms with Crippen LogP contribution in [0.4, 0.5) is 13.2 Å². The van der Waals surface area contributed by atoms with E-state index in [4.69, 9.17) is 0 Å². The predicted molar refractivity (Wildman–Crippen MR) is 62.5 cm³/mol. The van der Waals surface area contributed by atoms with Gasteiger partial charge in [0.15, 0.2) is 0 Å². The molecule has 2 N–H and O–H groups in total. The van der Waals surface area contributed by atoms with Crippen LogP contribution in [0, 0.1) is 5.92 Å². The first kappa shape index (κ1) is 13.8. The Bertz CT molecular complexity index is 439. The molecule has 1 aromatic rings. The Balaban J connectivity index is 1.92. The van der Waals surface area contributed by atoms with Gasteiger partial charge < -0.3 is 10.6 Å². The minimum Gasteiger partial charge on any atom is -0.350 e. The Morgan fingerprint density at radius 1 is 1.47 bits per heavy atom. The summed E-state index contributed by atoms with van der Waals surface area (Å²) in [6, 6.07) is 1.95. The standard InChI is InChI=1S/C12H14F3N3O/c13-12(14,15)9-1-2-10(17-7-9)11(19)18-6-8-3-4-16-5-8/h1-2,7-8,16H,3-6H2,(H,18,19). The number of amides is 1. The summed E-state index contributed by atoms with van der Waals surface area (Å²) in [6.07, 6.45) is -2.77. The van der Waals surface area contributed by atoms with Crippen LogP contribution in [0.1, 0.15) is 22.5 Å². The van der Waals surface area contributed by atoms with Crippen LogP contribution in [-0.4, -0.2) is 30.5 Å². The van der Waals surface area contributed by atoms with Crippen LogP contribution in [0.15, 0.2) is 18.3 Å². The van der Waals surface area contributed by atoms with Crippen LogP contribution in [0.25, 0.3) is 0 Å². The third kappa shape index (κ3) is 3.66. The fraction of sp³-hybridized carbons (Fsp3) is 0.500. The van der Waals surface area contributed by atoms with E-state index < -0.39 is 17.6 Å². The average Bonchev–Trinajstić information content (AvgIpc) is 2.88. The highest BCUT2D eigenvalue weighted by Gasteiger charge is 2.30. The van der Waals surface area contributed by atoms with Gasteiger partial charge in [-0.05, 0) is 37.6 Å². The van der Waals surface area contributed by atoms with Gasteiger partial charge in [0.1, 0.15) is 5.69 Å². The molecule has 0 spiro atoms. The van der Waals surface area contributed by atoms with E-state index in [0.29, 0.717) is 18.7 Å². The molecule has 1 amide bonds. The zero-order valence-corrected chi connectivity index (χ0v) is 10.1. The molecule has 104 valence electrons.